The molecule has 1 heterocycles. The first-order valence-corrected chi connectivity index (χ1v) is 8.78. The smallest absolute Gasteiger partial charge is 0.355 e. The number of nitrogens with two attached hydrogens (primary N) is 1. The van der Waals surface area contributed by atoms with Gasteiger partial charge in [-0.25, -0.2) is 4.79 Å². The van der Waals surface area contributed by atoms with Crippen LogP contribution >= 0.6 is 0 Å². The van der Waals surface area contributed by atoms with Crippen LogP contribution in [0.5, 0.6) is 0 Å². The first-order chi connectivity index (χ1) is 13.1. The summed E-state index contributed by atoms with van der Waals surface area (Å²) in [6.45, 7) is 5.20. The van der Waals surface area contributed by atoms with E-state index in [2.05, 4.69) is 11.6 Å². The second-order valence-corrected chi connectivity index (χ2v) is 5.93. The predicted molar refractivity (Wildman–Crippen MR) is 103 cm³/mol. The van der Waals surface area contributed by atoms with E-state index in [-0.39, 0.29) is 32.1 Å². The van der Waals surface area contributed by atoms with Gasteiger partial charge in [0.25, 0.3) is 0 Å². The van der Waals surface area contributed by atoms with Crippen LogP contribution in [0.1, 0.15) is 45.4 Å². The summed E-state index contributed by atoms with van der Waals surface area (Å²) in [4.78, 5) is 15.4. The lowest BCUT2D eigenvalue weighted by Gasteiger charge is -2.17. The van der Waals surface area contributed by atoms with Gasteiger partial charge in [-0.1, -0.05) is 24.8 Å². The van der Waals surface area contributed by atoms with E-state index in [1.54, 1.807) is 25.1 Å². The van der Waals surface area contributed by atoms with E-state index in [4.69, 9.17) is 10.5 Å². The van der Waals surface area contributed by atoms with Gasteiger partial charge < -0.3 is 30.8 Å². The van der Waals surface area contributed by atoms with Crippen molar-refractivity contribution in [1.29, 1.82) is 0 Å². The number of carbonyl (C=O) groups excluding carboxylic acids is 1. The van der Waals surface area contributed by atoms with E-state index in [1.165, 1.54) is 0 Å². The molecular weight excluding hydrogens is 348 g/mol. The number of nitrogens with one attached hydrogen (secondary N) is 1. The molecule has 0 aliphatic rings. The van der Waals surface area contributed by atoms with Gasteiger partial charge in [0.2, 0.25) is 0 Å². The molecule has 27 heavy (non-hydrogen) atoms. The monoisotopic (exact) mass is 374 g/mol. The number of carbonyl (C=O) groups is 1. The van der Waals surface area contributed by atoms with Gasteiger partial charge in [0.05, 0.1) is 26.4 Å². The number of aliphatic hydroxyl groups is 3. The number of benzene rings is 1. The van der Waals surface area contributed by atoms with E-state index in [1.807, 2.05) is 0 Å². The normalized spacial score (nSPS) is 10.9. The summed E-state index contributed by atoms with van der Waals surface area (Å²) in [6, 6.07) is 3.44. The van der Waals surface area contributed by atoms with Crippen LogP contribution in [-0.2, 0) is 31.0 Å². The van der Waals surface area contributed by atoms with Crippen LogP contribution in [-0.4, -0.2) is 39.4 Å². The summed E-state index contributed by atoms with van der Waals surface area (Å²) in [5.74, 6) is -0.503. The molecule has 7 heteroatoms. The lowest BCUT2D eigenvalue weighted by Crippen LogP contribution is -2.07. The van der Waals surface area contributed by atoms with Crippen molar-refractivity contribution in [1.82, 2.24) is 4.98 Å². The van der Waals surface area contributed by atoms with Crippen molar-refractivity contribution < 1.29 is 24.9 Å². The molecule has 0 amide bonds. The minimum absolute atomic E-state index is 0.234. The Kier molecular flexibility index (Phi) is 7.32. The Morgan fingerprint density at radius 2 is 1.93 bits per heavy atom. The molecule has 0 saturated carbocycles. The summed E-state index contributed by atoms with van der Waals surface area (Å²) in [7, 11) is 0. The quantitative estimate of drug-likeness (QED) is 0.423. The van der Waals surface area contributed by atoms with Crippen molar-refractivity contribution in [2.45, 2.75) is 33.2 Å². The summed E-state index contributed by atoms with van der Waals surface area (Å²) < 4.78 is 5.12. The van der Waals surface area contributed by atoms with Crippen LogP contribution in [0.25, 0.3) is 17.2 Å². The highest BCUT2D eigenvalue weighted by Gasteiger charge is 2.24. The molecular formula is C20H26N2O5. The summed E-state index contributed by atoms with van der Waals surface area (Å²) in [5.41, 5.74) is 10.1. The Morgan fingerprint density at radius 3 is 2.44 bits per heavy atom. The zero-order chi connectivity index (χ0) is 20.0. The zero-order valence-electron chi connectivity index (χ0n) is 15.4. The van der Waals surface area contributed by atoms with Gasteiger partial charge in [-0.15, -0.1) is 0 Å². The number of aromatic amines is 1. The number of hydrogen-bond acceptors (Lipinski definition) is 6. The van der Waals surface area contributed by atoms with Crippen LogP contribution in [0.2, 0.25) is 0 Å². The Labute approximate surface area is 158 Å². The van der Waals surface area contributed by atoms with Crippen molar-refractivity contribution >= 4 is 12.0 Å². The molecule has 0 atom stereocenters. The van der Waals surface area contributed by atoms with Crippen LogP contribution < -0.4 is 5.73 Å². The van der Waals surface area contributed by atoms with Crippen LogP contribution in [0.3, 0.4) is 0 Å². The van der Waals surface area contributed by atoms with Crippen LogP contribution in [0, 0.1) is 0 Å². The largest absolute Gasteiger partial charge is 0.461 e. The number of H-pyrrole nitrogens is 1. The van der Waals surface area contributed by atoms with Gasteiger partial charge in [0.15, 0.2) is 0 Å². The highest BCUT2D eigenvalue weighted by molar-refractivity contribution is 5.97. The van der Waals surface area contributed by atoms with Gasteiger partial charge in [-0.05, 0) is 35.7 Å². The topological polar surface area (TPSA) is 129 Å². The average Bonchev–Trinajstić information content (AvgIpc) is 3.05. The van der Waals surface area contributed by atoms with Gasteiger partial charge in [-0.3, -0.25) is 0 Å². The molecule has 1 aromatic heterocycles. The zero-order valence-corrected chi connectivity index (χ0v) is 15.4. The lowest BCUT2D eigenvalue weighted by molar-refractivity contribution is 0.0520. The van der Waals surface area contributed by atoms with Gasteiger partial charge in [0, 0.05) is 23.2 Å². The molecule has 146 valence electrons. The molecule has 2 rings (SSSR count). The van der Waals surface area contributed by atoms with Crippen LogP contribution in [0.15, 0.2) is 18.7 Å². The predicted octanol–water partition coefficient (Wildman–Crippen LogP) is 1.48. The molecule has 0 saturated heterocycles. The lowest BCUT2D eigenvalue weighted by atomic mass is 9.89. The maximum Gasteiger partial charge on any atom is 0.355 e. The molecule has 0 aliphatic carbocycles. The summed E-state index contributed by atoms with van der Waals surface area (Å²) in [6.07, 6.45) is 2.02. The molecule has 6 N–H and O–H groups in total. The third-order valence-corrected chi connectivity index (χ3v) is 4.48. The number of rotatable bonds is 9. The molecule has 7 nitrogen and oxygen atoms in total. The minimum atomic E-state index is -0.503. The highest BCUT2D eigenvalue weighted by Crippen LogP contribution is 2.36. The fourth-order valence-electron chi connectivity index (χ4n) is 3.28. The SMILES string of the molecule is C=Cc1c(C(=O)OCC)[nH]c(CCN)c1-c1ccc(CO)c(CO)c1CO. The highest BCUT2D eigenvalue weighted by atomic mass is 16.5. The molecule has 0 radical (unpaired) electrons. The molecule has 0 fully saturated rings. The fraction of sp³-hybridized carbons (Fsp3) is 0.350. The fourth-order valence-corrected chi connectivity index (χ4v) is 3.28. The number of esters is 1. The summed E-state index contributed by atoms with van der Waals surface area (Å²) >= 11 is 0. The van der Waals surface area contributed by atoms with E-state index in [9.17, 15) is 20.1 Å². The second kappa shape index (κ2) is 9.48. The second-order valence-electron chi connectivity index (χ2n) is 5.93. The van der Waals surface area contributed by atoms with E-state index in [0.717, 1.165) is 0 Å². The van der Waals surface area contributed by atoms with Crippen molar-refractivity contribution in [3.05, 3.63) is 52.4 Å². The van der Waals surface area contributed by atoms with E-state index < -0.39 is 5.97 Å². The molecule has 0 bridgehead atoms. The van der Waals surface area contributed by atoms with Gasteiger partial charge >= 0.3 is 5.97 Å². The maximum absolute atomic E-state index is 12.3. The van der Waals surface area contributed by atoms with Crippen molar-refractivity contribution in [2.75, 3.05) is 13.2 Å². The minimum Gasteiger partial charge on any atom is -0.461 e. The van der Waals surface area contributed by atoms with E-state index >= 15 is 0 Å². The average molecular weight is 374 g/mol. The number of hydrogen-bond donors (Lipinski definition) is 5. The van der Waals surface area contributed by atoms with Crippen molar-refractivity contribution in [3.63, 3.8) is 0 Å². The standard InChI is InChI=1S/C20H26N2O5/c1-3-13-18(17(7-8-21)22-19(13)20(26)27-4-2)14-6-5-12(9-23)15(10-24)16(14)11-25/h3,5-6,22-25H,1,4,7-11,21H2,2H3. The van der Waals surface area contributed by atoms with Gasteiger partial charge in [0.1, 0.15) is 5.69 Å². The first-order valence-electron chi connectivity index (χ1n) is 8.78. The Hall–Kier alpha value is -2.45. The Bertz CT molecular complexity index is 826. The molecule has 0 unspecified atom stereocenters. The molecule has 1 aromatic carbocycles. The van der Waals surface area contributed by atoms with Gasteiger partial charge in [-0.2, -0.15) is 0 Å². The number of ether oxygens (including phenoxy) is 1. The Balaban J connectivity index is 2.81. The van der Waals surface area contributed by atoms with Crippen molar-refractivity contribution in [3.8, 4) is 11.1 Å². The maximum atomic E-state index is 12.3. The number of aliphatic hydroxyl groups excluding tert-OH is 3. The molecule has 2 aromatic rings. The van der Waals surface area contributed by atoms with E-state index in [0.29, 0.717) is 52.0 Å². The third kappa shape index (κ3) is 3.96. The van der Waals surface area contributed by atoms with Crippen molar-refractivity contribution in [2.24, 2.45) is 5.73 Å². The third-order valence-electron chi connectivity index (χ3n) is 4.48. The summed E-state index contributed by atoms with van der Waals surface area (Å²) in [5, 5.41) is 29.2. The first kappa shape index (κ1) is 20.9. The molecule has 0 aliphatic heterocycles. The Morgan fingerprint density at radius 1 is 1.22 bits per heavy atom. The number of aromatic nitrogens is 1. The van der Waals surface area contributed by atoms with Crippen LogP contribution in [0.4, 0.5) is 0 Å². The molecule has 0 spiro atoms.